The third-order valence-electron chi connectivity index (χ3n) is 5.05. The zero-order valence-corrected chi connectivity index (χ0v) is 18.0. The van der Waals surface area contributed by atoms with Crippen LogP contribution in [0.15, 0.2) is 60.7 Å². The van der Waals surface area contributed by atoms with Gasteiger partial charge in [-0.1, -0.05) is 36.4 Å². The van der Waals surface area contributed by atoms with Crippen molar-refractivity contribution in [2.24, 2.45) is 0 Å². The number of hydrogen-bond donors (Lipinski definition) is 1. The lowest BCUT2D eigenvalue weighted by Crippen LogP contribution is -2.49. The minimum Gasteiger partial charge on any atom is -0.497 e. The molecule has 1 heterocycles. The lowest BCUT2D eigenvalue weighted by atomic mass is 10.0. The fourth-order valence-electron chi connectivity index (χ4n) is 3.45. The van der Waals surface area contributed by atoms with Gasteiger partial charge >= 0.3 is 6.03 Å². The van der Waals surface area contributed by atoms with Gasteiger partial charge in [-0.15, -0.1) is 0 Å². The number of carbonyl (C=O) groups excluding carboxylic acids is 2. The first-order chi connectivity index (χ1) is 14.9. The molecule has 1 aliphatic heterocycles. The van der Waals surface area contributed by atoms with Crippen LogP contribution < -0.4 is 10.1 Å². The topological polar surface area (TPSA) is 61.9 Å². The minimum atomic E-state index is -0.328. The number of amides is 3. The maximum atomic E-state index is 13.4. The van der Waals surface area contributed by atoms with Gasteiger partial charge < -0.3 is 19.9 Å². The third-order valence-corrected chi connectivity index (χ3v) is 5.05. The molecule has 2 aromatic rings. The standard InChI is InChI=1S/C24H28FN3O3/c1-17(2)26-24(30)27-14-4-5-22(19-8-12-21(31-3)13-9-19)28(23(29)16-27)15-18-6-10-20(25)11-7-18/h4-13,17,22H,14-16H2,1-3H3,(H,26,30)/b5-4-. The quantitative estimate of drug-likeness (QED) is 0.740. The zero-order valence-electron chi connectivity index (χ0n) is 18.0. The summed E-state index contributed by atoms with van der Waals surface area (Å²) in [5, 5.41) is 2.83. The third kappa shape index (κ3) is 5.84. The number of rotatable bonds is 5. The minimum absolute atomic E-state index is 0.0283. The summed E-state index contributed by atoms with van der Waals surface area (Å²) in [4.78, 5) is 29.0. The maximum Gasteiger partial charge on any atom is 0.318 e. The molecule has 0 spiro atoms. The Kier molecular flexibility index (Phi) is 7.28. The Hall–Kier alpha value is -3.35. The van der Waals surface area contributed by atoms with E-state index < -0.39 is 0 Å². The predicted octanol–water partition coefficient (Wildman–Crippen LogP) is 3.89. The SMILES string of the molecule is COc1ccc(C2/C=C\CN(C(=O)NC(C)C)CC(=O)N2Cc2ccc(F)cc2)cc1. The van der Waals surface area contributed by atoms with Crippen LogP contribution in [0.1, 0.15) is 31.0 Å². The van der Waals surface area contributed by atoms with E-state index in [9.17, 15) is 14.0 Å². The van der Waals surface area contributed by atoms with E-state index in [1.165, 1.54) is 17.0 Å². The maximum absolute atomic E-state index is 13.4. The summed E-state index contributed by atoms with van der Waals surface area (Å²) in [7, 11) is 1.60. The molecular formula is C24H28FN3O3. The summed E-state index contributed by atoms with van der Waals surface area (Å²) in [6.45, 7) is 4.33. The van der Waals surface area contributed by atoms with Gasteiger partial charge in [0.05, 0.1) is 13.2 Å². The Morgan fingerprint density at radius 1 is 1.16 bits per heavy atom. The highest BCUT2D eigenvalue weighted by atomic mass is 19.1. The molecule has 0 saturated carbocycles. The van der Waals surface area contributed by atoms with Crippen molar-refractivity contribution in [2.45, 2.75) is 32.5 Å². The molecule has 0 saturated heterocycles. The number of urea groups is 1. The first-order valence-electron chi connectivity index (χ1n) is 10.3. The van der Waals surface area contributed by atoms with E-state index in [1.807, 2.05) is 50.3 Å². The molecule has 0 bridgehead atoms. The van der Waals surface area contributed by atoms with Gasteiger partial charge in [0.25, 0.3) is 0 Å². The molecule has 1 N–H and O–H groups in total. The van der Waals surface area contributed by atoms with Gasteiger partial charge in [0.2, 0.25) is 5.91 Å². The van der Waals surface area contributed by atoms with Gasteiger partial charge in [0, 0.05) is 19.1 Å². The molecule has 0 aliphatic carbocycles. The first kappa shape index (κ1) is 22.3. The van der Waals surface area contributed by atoms with Crippen molar-refractivity contribution in [2.75, 3.05) is 20.2 Å². The van der Waals surface area contributed by atoms with Crippen LogP contribution in [0.3, 0.4) is 0 Å². The molecule has 0 radical (unpaired) electrons. The molecule has 7 heteroatoms. The molecule has 3 rings (SSSR count). The van der Waals surface area contributed by atoms with Crippen LogP contribution in [0.5, 0.6) is 5.75 Å². The lowest BCUT2D eigenvalue weighted by molar-refractivity contribution is -0.134. The molecule has 1 atom stereocenters. The van der Waals surface area contributed by atoms with Gasteiger partial charge in [-0.05, 0) is 49.2 Å². The van der Waals surface area contributed by atoms with Crippen LogP contribution >= 0.6 is 0 Å². The fraction of sp³-hybridized carbons (Fsp3) is 0.333. The largest absolute Gasteiger partial charge is 0.497 e. The Morgan fingerprint density at radius 3 is 2.45 bits per heavy atom. The van der Waals surface area contributed by atoms with Crippen molar-refractivity contribution >= 4 is 11.9 Å². The summed E-state index contributed by atoms with van der Waals surface area (Å²) in [6.07, 6.45) is 3.83. The molecular weight excluding hydrogens is 397 g/mol. The fourth-order valence-corrected chi connectivity index (χ4v) is 3.45. The monoisotopic (exact) mass is 425 g/mol. The molecule has 164 valence electrons. The van der Waals surface area contributed by atoms with Gasteiger partial charge in [0.1, 0.15) is 18.1 Å². The summed E-state index contributed by atoms with van der Waals surface area (Å²) >= 11 is 0. The molecule has 0 fully saturated rings. The number of hydrogen-bond acceptors (Lipinski definition) is 3. The van der Waals surface area contributed by atoms with E-state index in [1.54, 1.807) is 24.1 Å². The van der Waals surface area contributed by atoms with Crippen LogP contribution in [-0.2, 0) is 11.3 Å². The number of ether oxygens (including phenoxy) is 1. The molecule has 2 aromatic carbocycles. The van der Waals surface area contributed by atoms with E-state index in [-0.39, 0.29) is 36.4 Å². The molecule has 1 unspecified atom stereocenters. The van der Waals surface area contributed by atoms with Crippen LogP contribution in [0, 0.1) is 5.82 Å². The highest BCUT2D eigenvalue weighted by molar-refractivity contribution is 5.85. The Morgan fingerprint density at radius 2 is 1.84 bits per heavy atom. The van der Waals surface area contributed by atoms with Crippen molar-refractivity contribution in [3.05, 3.63) is 77.6 Å². The molecule has 3 amide bonds. The molecule has 31 heavy (non-hydrogen) atoms. The normalized spacial score (nSPS) is 17.8. The number of methoxy groups -OCH3 is 1. The highest BCUT2D eigenvalue weighted by Crippen LogP contribution is 2.28. The second kappa shape index (κ2) is 10.1. The Labute approximate surface area is 182 Å². The van der Waals surface area contributed by atoms with Crippen LogP contribution in [0.4, 0.5) is 9.18 Å². The number of benzene rings is 2. The summed E-state index contributed by atoms with van der Waals surface area (Å²) in [5.74, 6) is 0.214. The van der Waals surface area contributed by atoms with Gasteiger partial charge in [0.15, 0.2) is 0 Å². The van der Waals surface area contributed by atoms with Gasteiger partial charge in [-0.2, -0.15) is 0 Å². The number of carbonyl (C=O) groups is 2. The smallest absolute Gasteiger partial charge is 0.318 e. The van der Waals surface area contributed by atoms with Crippen molar-refractivity contribution in [3.8, 4) is 5.75 Å². The van der Waals surface area contributed by atoms with Crippen molar-refractivity contribution in [1.29, 1.82) is 0 Å². The second-order valence-corrected chi connectivity index (χ2v) is 7.78. The van der Waals surface area contributed by atoms with Gasteiger partial charge in [-0.25, -0.2) is 9.18 Å². The zero-order chi connectivity index (χ0) is 22.4. The second-order valence-electron chi connectivity index (χ2n) is 7.78. The van der Waals surface area contributed by atoms with Crippen molar-refractivity contribution < 1.29 is 18.7 Å². The van der Waals surface area contributed by atoms with E-state index in [0.29, 0.717) is 13.1 Å². The van der Waals surface area contributed by atoms with E-state index in [2.05, 4.69) is 5.32 Å². The molecule has 6 nitrogen and oxygen atoms in total. The van der Waals surface area contributed by atoms with Crippen LogP contribution in [-0.4, -0.2) is 48.0 Å². The van der Waals surface area contributed by atoms with Crippen molar-refractivity contribution in [1.82, 2.24) is 15.1 Å². The summed E-state index contributed by atoms with van der Waals surface area (Å²) in [6, 6.07) is 13.0. The molecule has 0 aromatic heterocycles. The number of nitrogens with zero attached hydrogens (tertiary/aromatic N) is 2. The summed E-state index contributed by atoms with van der Waals surface area (Å²) < 4.78 is 18.6. The summed E-state index contributed by atoms with van der Waals surface area (Å²) in [5.41, 5.74) is 1.73. The Balaban J connectivity index is 1.92. The average Bonchev–Trinajstić information content (AvgIpc) is 2.74. The lowest BCUT2D eigenvalue weighted by Gasteiger charge is -2.35. The highest BCUT2D eigenvalue weighted by Gasteiger charge is 2.28. The van der Waals surface area contributed by atoms with Crippen LogP contribution in [0.2, 0.25) is 0 Å². The Bertz CT molecular complexity index is 926. The first-order valence-corrected chi connectivity index (χ1v) is 10.3. The van der Waals surface area contributed by atoms with E-state index in [4.69, 9.17) is 4.74 Å². The van der Waals surface area contributed by atoms with E-state index >= 15 is 0 Å². The number of nitrogens with one attached hydrogen (secondary N) is 1. The van der Waals surface area contributed by atoms with Crippen molar-refractivity contribution in [3.63, 3.8) is 0 Å². The predicted molar refractivity (Wildman–Crippen MR) is 117 cm³/mol. The average molecular weight is 426 g/mol. The number of halogens is 1. The van der Waals surface area contributed by atoms with E-state index in [0.717, 1.165) is 16.9 Å². The van der Waals surface area contributed by atoms with Crippen LogP contribution in [0.25, 0.3) is 0 Å². The van der Waals surface area contributed by atoms with Gasteiger partial charge in [-0.3, -0.25) is 4.79 Å². The molecule has 1 aliphatic rings.